The summed E-state index contributed by atoms with van der Waals surface area (Å²) in [6.45, 7) is 6.47. The molecule has 0 radical (unpaired) electrons. The Kier molecular flexibility index (Phi) is 5.32. The third-order valence-electron chi connectivity index (χ3n) is 3.42. The minimum Gasteiger partial charge on any atom is -0.396 e. The Morgan fingerprint density at radius 3 is 2.55 bits per heavy atom. The van der Waals surface area contributed by atoms with Crippen molar-refractivity contribution in [1.29, 1.82) is 0 Å². The second kappa shape index (κ2) is 7.22. The molecule has 20 heavy (non-hydrogen) atoms. The molecule has 0 aliphatic carbocycles. The first-order valence-corrected chi connectivity index (χ1v) is 7.14. The topological polar surface area (TPSA) is 41.3 Å². The highest BCUT2D eigenvalue weighted by Gasteiger charge is 2.09. The average Bonchev–Trinajstić information content (AvgIpc) is 2.98. The zero-order chi connectivity index (χ0) is 14.4. The molecule has 0 atom stereocenters. The van der Waals surface area contributed by atoms with Gasteiger partial charge in [0.05, 0.1) is 5.69 Å². The molecule has 4 heteroatoms. The van der Waals surface area contributed by atoms with Crippen LogP contribution in [0.4, 0.5) is 0 Å². The maximum atomic E-state index is 8.97. The minimum absolute atomic E-state index is 0.251. The quantitative estimate of drug-likeness (QED) is 0.842. The second-order valence-electron chi connectivity index (χ2n) is 5.26. The van der Waals surface area contributed by atoms with Crippen molar-refractivity contribution in [2.24, 2.45) is 0 Å². The van der Waals surface area contributed by atoms with Crippen molar-refractivity contribution in [3.8, 4) is 5.69 Å². The van der Waals surface area contributed by atoms with Gasteiger partial charge in [0.2, 0.25) is 0 Å². The predicted molar refractivity (Wildman–Crippen MR) is 80.8 cm³/mol. The molecule has 0 bridgehead atoms. The first-order chi connectivity index (χ1) is 9.70. The van der Waals surface area contributed by atoms with E-state index < -0.39 is 0 Å². The van der Waals surface area contributed by atoms with Crippen molar-refractivity contribution in [3.05, 3.63) is 48.3 Å². The van der Waals surface area contributed by atoms with Crippen LogP contribution in [0.2, 0.25) is 0 Å². The monoisotopic (exact) mass is 273 g/mol. The predicted octanol–water partition coefficient (Wildman–Crippen LogP) is 2.47. The van der Waals surface area contributed by atoms with Crippen LogP contribution < -0.4 is 0 Å². The van der Waals surface area contributed by atoms with Gasteiger partial charge in [-0.2, -0.15) is 5.10 Å². The van der Waals surface area contributed by atoms with Crippen molar-refractivity contribution in [2.75, 3.05) is 13.2 Å². The highest BCUT2D eigenvalue weighted by atomic mass is 16.3. The first kappa shape index (κ1) is 14.8. The minimum atomic E-state index is 0.251. The summed E-state index contributed by atoms with van der Waals surface area (Å²) in [7, 11) is 0. The zero-order valence-electron chi connectivity index (χ0n) is 12.2. The fourth-order valence-corrected chi connectivity index (χ4v) is 2.20. The molecule has 2 rings (SSSR count). The van der Waals surface area contributed by atoms with Gasteiger partial charge in [0.1, 0.15) is 0 Å². The Hall–Kier alpha value is -1.65. The normalized spacial score (nSPS) is 11.4. The van der Waals surface area contributed by atoms with Crippen LogP contribution in [0.3, 0.4) is 0 Å². The van der Waals surface area contributed by atoms with E-state index in [2.05, 4.69) is 48.1 Å². The Morgan fingerprint density at radius 1 is 1.25 bits per heavy atom. The number of aliphatic hydroxyl groups is 1. The van der Waals surface area contributed by atoms with E-state index in [0.29, 0.717) is 6.04 Å². The molecule has 1 N–H and O–H groups in total. The molecule has 1 aromatic carbocycles. The Labute approximate surface area is 120 Å². The van der Waals surface area contributed by atoms with E-state index in [4.69, 9.17) is 5.11 Å². The molecule has 108 valence electrons. The molecule has 0 saturated carbocycles. The molecule has 0 saturated heterocycles. The number of hydrogen-bond acceptors (Lipinski definition) is 3. The molecule has 0 aliphatic heterocycles. The van der Waals surface area contributed by atoms with E-state index in [9.17, 15) is 0 Å². The fourth-order valence-electron chi connectivity index (χ4n) is 2.20. The second-order valence-corrected chi connectivity index (χ2v) is 5.26. The number of nitrogens with zero attached hydrogens (tertiary/aromatic N) is 3. The van der Waals surface area contributed by atoms with Gasteiger partial charge in [0.25, 0.3) is 0 Å². The van der Waals surface area contributed by atoms with E-state index in [-0.39, 0.29) is 6.61 Å². The third kappa shape index (κ3) is 3.92. The summed E-state index contributed by atoms with van der Waals surface area (Å²) in [6, 6.07) is 10.9. The third-order valence-corrected chi connectivity index (χ3v) is 3.42. The Bertz CT molecular complexity index is 491. The molecular weight excluding hydrogens is 250 g/mol. The summed E-state index contributed by atoms with van der Waals surface area (Å²) in [5.41, 5.74) is 2.36. The first-order valence-electron chi connectivity index (χ1n) is 7.14. The van der Waals surface area contributed by atoms with Crippen LogP contribution >= 0.6 is 0 Å². The zero-order valence-corrected chi connectivity index (χ0v) is 12.2. The lowest BCUT2D eigenvalue weighted by Crippen LogP contribution is -2.31. The highest BCUT2D eigenvalue weighted by molar-refractivity contribution is 5.33. The standard InChI is InChI=1S/C16H23N3O/c1-14(2)18(10-4-12-20)13-15-5-7-16(8-6-15)19-11-3-9-17-19/h3,5-9,11,14,20H,4,10,12-13H2,1-2H3. The largest absolute Gasteiger partial charge is 0.396 e. The van der Waals surface area contributed by atoms with Crippen LogP contribution in [-0.4, -0.2) is 39.0 Å². The van der Waals surface area contributed by atoms with Gasteiger partial charge >= 0.3 is 0 Å². The van der Waals surface area contributed by atoms with Gasteiger partial charge in [-0.25, -0.2) is 4.68 Å². The summed E-state index contributed by atoms with van der Waals surface area (Å²) < 4.78 is 1.86. The summed E-state index contributed by atoms with van der Waals surface area (Å²) in [4.78, 5) is 2.37. The molecule has 1 aromatic heterocycles. The molecule has 4 nitrogen and oxygen atoms in total. The lowest BCUT2D eigenvalue weighted by molar-refractivity contribution is 0.185. The average molecular weight is 273 g/mol. The van der Waals surface area contributed by atoms with Crippen molar-refractivity contribution in [3.63, 3.8) is 0 Å². The van der Waals surface area contributed by atoms with E-state index in [0.717, 1.165) is 25.2 Å². The van der Waals surface area contributed by atoms with Crippen molar-refractivity contribution >= 4 is 0 Å². The van der Waals surface area contributed by atoms with Gasteiger partial charge in [-0.15, -0.1) is 0 Å². The Morgan fingerprint density at radius 2 is 2.00 bits per heavy atom. The molecule has 2 aromatic rings. The van der Waals surface area contributed by atoms with Gasteiger partial charge in [-0.05, 0) is 44.0 Å². The van der Waals surface area contributed by atoms with E-state index in [1.165, 1.54) is 5.56 Å². The van der Waals surface area contributed by atoms with Crippen LogP contribution in [0.15, 0.2) is 42.7 Å². The fraction of sp³-hybridized carbons (Fsp3) is 0.438. The molecule has 0 unspecified atom stereocenters. The van der Waals surface area contributed by atoms with Crippen LogP contribution in [0, 0.1) is 0 Å². The maximum absolute atomic E-state index is 8.97. The Balaban J connectivity index is 2.02. The number of hydrogen-bond donors (Lipinski definition) is 1. The summed E-state index contributed by atoms with van der Waals surface area (Å²) in [6.07, 6.45) is 4.55. The SMILES string of the molecule is CC(C)N(CCCO)Cc1ccc(-n2cccn2)cc1. The lowest BCUT2D eigenvalue weighted by Gasteiger charge is -2.26. The van der Waals surface area contributed by atoms with Crippen LogP contribution in [0.25, 0.3) is 5.69 Å². The molecule has 0 spiro atoms. The maximum Gasteiger partial charge on any atom is 0.0645 e. The van der Waals surface area contributed by atoms with E-state index in [1.807, 2.05) is 16.9 Å². The lowest BCUT2D eigenvalue weighted by atomic mass is 10.1. The van der Waals surface area contributed by atoms with Crippen molar-refractivity contribution in [2.45, 2.75) is 32.9 Å². The van der Waals surface area contributed by atoms with E-state index >= 15 is 0 Å². The smallest absolute Gasteiger partial charge is 0.0645 e. The molecule has 0 fully saturated rings. The van der Waals surface area contributed by atoms with Crippen LogP contribution in [0.5, 0.6) is 0 Å². The highest BCUT2D eigenvalue weighted by Crippen LogP contribution is 2.12. The molecular formula is C16H23N3O. The number of aliphatic hydroxyl groups excluding tert-OH is 1. The van der Waals surface area contributed by atoms with Gasteiger partial charge < -0.3 is 5.11 Å². The summed E-state index contributed by atoms with van der Waals surface area (Å²) in [5.74, 6) is 0. The molecule has 1 heterocycles. The van der Waals surface area contributed by atoms with Crippen LogP contribution in [-0.2, 0) is 6.54 Å². The van der Waals surface area contributed by atoms with Crippen molar-refractivity contribution in [1.82, 2.24) is 14.7 Å². The van der Waals surface area contributed by atoms with Crippen LogP contribution in [0.1, 0.15) is 25.8 Å². The number of benzene rings is 1. The van der Waals surface area contributed by atoms with Gasteiger partial charge in [0, 0.05) is 38.1 Å². The molecule has 0 aliphatic rings. The van der Waals surface area contributed by atoms with Gasteiger partial charge in [-0.3, -0.25) is 4.90 Å². The van der Waals surface area contributed by atoms with Gasteiger partial charge in [-0.1, -0.05) is 12.1 Å². The molecule has 0 amide bonds. The number of rotatable bonds is 7. The number of aromatic nitrogens is 2. The van der Waals surface area contributed by atoms with Gasteiger partial charge in [0.15, 0.2) is 0 Å². The summed E-state index contributed by atoms with van der Waals surface area (Å²) >= 11 is 0. The summed E-state index contributed by atoms with van der Waals surface area (Å²) in [5, 5.41) is 13.2. The van der Waals surface area contributed by atoms with Crippen molar-refractivity contribution < 1.29 is 5.11 Å². The van der Waals surface area contributed by atoms with E-state index in [1.54, 1.807) is 6.20 Å².